The van der Waals surface area contributed by atoms with Crippen molar-refractivity contribution in [1.29, 1.82) is 0 Å². The normalized spacial score (nSPS) is 17.2. The number of Topliss-reactive ketones (excluding diaryl/α,β-unsaturated/α-hetero) is 1. The molecule has 0 aromatic heterocycles. The Labute approximate surface area is 199 Å². The number of methoxy groups -OCH3 is 2. The van der Waals surface area contributed by atoms with Gasteiger partial charge in [0.05, 0.1) is 25.8 Å². The fourth-order valence-corrected chi connectivity index (χ4v) is 4.25. The number of ether oxygens (including phenoxy) is 2. The number of ketones is 1. The third-order valence-corrected chi connectivity index (χ3v) is 6.33. The molecule has 1 atom stereocenters. The summed E-state index contributed by atoms with van der Waals surface area (Å²) >= 11 is 0. The molecule has 0 radical (unpaired) electrons. The van der Waals surface area contributed by atoms with Crippen molar-refractivity contribution < 1.29 is 24.2 Å². The van der Waals surface area contributed by atoms with Gasteiger partial charge in [0, 0.05) is 11.3 Å². The van der Waals surface area contributed by atoms with Crippen molar-refractivity contribution in [2.24, 2.45) is 0 Å². The number of anilines is 1. The average Bonchev–Trinajstić information content (AvgIpc) is 3.10. The molecule has 3 aromatic rings. The van der Waals surface area contributed by atoms with Crippen LogP contribution in [0.1, 0.15) is 33.9 Å². The number of nitrogens with zero attached hydrogens (tertiary/aromatic N) is 1. The SMILES string of the molecule is COc1ccc(C2/C(=C(/O)c3ccc(OC)cc3C)C(=O)C(=O)N2c2ccc(C)c(C)c2)cc1. The largest absolute Gasteiger partial charge is 0.507 e. The first-order chi connectivity index (χ1) is 16.3. The monoisotopic (exact) mass is 457 g/mol. The Bertz CT molecular complexity index is 1310. The summed E-state index contributed by atoms with van der Waals surface area (Å²) in [7, 11) is 3.13. The van der Waals surface area contributed by atoms with Crippen LogP contribution in [0, 0.1) is 20.8 Å². The van der Waals surface area contributed by atoms with Crippen LogP contribution in [0.4, 0.5) is 5.69 Å². The van der Waals surface area contributed by atoms with Crippen molar-refractivity contribution in [1.82, 2.24) is 0 Å². The summed E-state index contributed by atoms with van der Waals surface area (Å²) in [6.07, 6.45) is 0. The first kappa shape index (κ1) is 23.1. The van der Waals surface area contributed by atoms with E-state index in [1.54, 1.807) is 56.7 Å². The van der Waals surface area contributed by atoms with Crippen molar-refractivity contribution in [2.45, 2.75) is 26.8 Å². The molecule has 1 heterocycles. The summed E-state index contributed by atoms with van der Waals surface area (Å²) < 4.78 is 10.5. The molecular weight excluding hydrogens is 430 g/mol. The van der Waals surface area contributed by atoms with Crippen molar-refractivity contribution in [3.63, 3.8) is 0 Å². The minimum atomic E-state index is -0.797. The van der Waals surface area contributed by atoms with Crippen LogP contribution in [0.2, 0.25) is 0 Å². The third kappa shape index (κ3) is 3.92. The molecule has 174 valence electrons. The standard InChI is InChI=1S/C28H27NO5/c1-16-6-9-20(14-17(16)2)29-25(19-7-10-21(33-4)11-8-19)24(27(31)28(29)32)26(30)23-13-12-22(34-5)15-18(23)3/h6-15,25,30H,1-5H3/b26-24-. The molecule has 1 aliphatic heterocycles. The molecule has 0 spiro atoms. The number of carbonyl (C=O) groups excluding carboxylic acids is 2. The summed E-state index contributed by atoms with van der Waals surface area (Å²) in [4.78, 5) is 28.1. The van der Waals surface area contributed by atoms with E-state index in [0.29, 0.717) is 28.3 Å². The van der Waals surface area contributed by atoms with Crippen LogP contribution in [-0.4, -0.2) is 31.0 Å². The van der Waals surface area contributed by atoms with E-state index in [9.17, 15) is 14.7 Å². The Morgan fingerprint density at radius 3 is 2.03 bits per heavy atom. The second kappa shape index (κ2) is 9.06. The number of hydrogen-bond acceptors (Lipinski definition) is 5. The molecule has 34 heavy (non-hydrogen) atoms. The highest BCUT2D eigenvalue weighted by Gasteiger charge is 2.47. The lowest BCUT2D eigenvalue weighted by Gasteiger charge is -2.26. The molecule has 1 N–H and O–H groups in total. The van der Waals surface area contributed by atoms with Gasteiger partial charge >= 0.3 is 0 Å². The molecule has 1 unspecified atom stereocenters. The van der Waals surface area contributed by atoms with Crippen molar-refractivity contribution >= 4 is 23.1 Å². The van der Waals surface area contributed by atoms with Crippen LogP contribution in [0.3, 0.4) is 0 Å². The summed E-state index contributed by atoms with van der Waals surface area (Å²) in [5, 5.41) is 11.4. The highest BCUT2D eigenvalue weighted by atomic mass is 16.5. The zero-order valence-electron chi connectivity index (χ0n) is 19.9. The number of aliphatic hydroxyl groups excluding tert-OH is 1. The van der Waals surface area contributed by atoms with E-state index in [4.69, 9.17) is 9.47 Å². The van der Waals surface area contributed by atoms with E-state index >= 15 is 0 Å². The fourth-order valence-electron chi connectivity index (χ4n) is 4.25. The van der Waals surface area contributed by atoms with Gasteiger partial charge in [0.2, 0.25) is 0 Å². The molecular formula is C28H27NO5. The zero-order valence-corrected chi connectivity index (χ0v) is 19.9. The topological polar surface area (TPSA) is 76.1 Å². The van der Waals surface area contributed by atoms with Gasteiger partial charge in [0.25, 0.3) is 11.7 Å². The van der Waals surface area contributed by atoms with E-state index in [1.165, 1.54) is 4.90 Å². The smallest absolute Gasteiger partial charge is 0.300 e. The highest BCUT2D eigenvalue weighted by molar-refractivity contribution is 6.51. The molecule has 0 aliphatic carbocycles. The maximum Gasteiger partial charge on any atom is 0.300 e. The second-order valence-electron chi connectivity index (χ2n) is 8.39. The molecule has 0 saturated carbocycles. The third-order valence-electron chi connectivity index (χ3n) is 6.33. The number of rotatable bonds is 5. The van der Waals surface area contributed by atoms with Gasteiger partial charge in [0.1, 0.15) is 17.3 Å². The minimum Gasteiger partial charge on any atom is -0.507 e. The highest BCUT2D eigenvalue weighted by Crippen LogP contribution is 2.43. The molecule has 1 amide bonds. The van der Waals surface area contributed by atoms with Gasteiger partial charge in [-0.25, -0.2) is 0 Å². The molecule has 6 heteroatoms. The Kier molecular flexibility index (Phi) is 6.16. The Morgan fingerprint density at radius 1 is 0.794 bits per heavy atom. The Hall–Kier alpha value is -4.06. The quantitative estimate of drug-likeness (QED) is 0.322. The molecule has 1 aliphatic rings. The van der Waals surface area contributed by atoms with Gasteiger partial charge < -0.3 is 14.6 Å². The Balaban J connectivity index is 1.95. The lowest BCUT2D eigenvalue weighted by atomic mass is 9.93. The summed E-state index contributed by atoms with van der Waals surface area (Å²) in [5.41, 5.74) is 4.60. The summed E-state index contributed by atoms with van der Waals surface area (Å²) in [6, 6.07) is 17.2. The fraction of sp³-hybridized carbons (Fsp3) is 0.214. The van der Waals surface area contributed by atoms with E-state index < -0.39 is 17.7 Å². The van der Waals surface area contributed by atoms with Crippen LogP contribution < -0.4 is 14.4 Å². The van der Waals surface area contributed by atoms with Crippen LogP contribution in [0.5, 0.6) is 11.5 Å². The zero-order chi connectivity index (χ0) is 24.6. The van der Waals surface area contributed by atoms with Crippen molar-refractivity contribution in [3.05, 3.63) is 94.1 Å². The number of aliphatic hydroxyl groups is 1. The van der Waals surface area contributed by atoms with E-state index in [0.717, 1.165) is 16.7 Å². The summed E-state index contributed by atoms with van der Waals surface area (Å²) in [5.74, 6) is -0.344. The summed E-state index contributed by atoms with van der Waals surface area (Å²) in [6.45, 7) is 5.76. The van der Waals surface area contributed by atoms with E-state index in [-0.39, 0.29) is 11.3 Å². The van der Waals surface area contributed by atoms with Crippen LogP contribution >= 0.6 is 0 Å². The van der Waals surface area contributed by atoms with Gasteiger partial charge in [-0.2, -0.15) is 0 Å². The first-order valence-corrected chi connectivity index (χ1v) is 10.9. The lowest BCUT2D eigenvalue weighted by molar-refractivity contribution is -0.132. The molecule has 1 saturated heterocycles. The second-order valence-corrected chi connectivity index (χ2v) is 8.39. The van der Waals surface area contributed by atoms with Crippen LogP contribution in [-0.2, 0) is 9.59 Å². The van der Waals surface area contributed by atoms with Gasteiger partial charge in [-0.1, -0.05) is 18.2 Å². The lowest BCUT2D eigenvalue weighted by Crippen LogP contribution is -2.29. The van der Waals surface area contributed by atoms with Gasteiger partial charge in [-0.05, 0) is 85.5 Å². The number of carbonyl (C=O) groups is 2. The average molecular weight is 458 g/mol. The number of benzene rings is 3. The van der Waals surface area contributed by atoms with Gasteiger partial charge in [0.15, 0.2) is 0 Å². The molecule has 3 aromatic carbocycles. The first-order valence-electron chi connectivity index (χ1n) is 10.9. The molecule has 0 bridgehead atoms. The predicted octanol–water partition coefficient (Wildman–Crippen LogP) is 5.26. The minimum absolute atomic E-state index is 0.0432. The maximum atomic E-state index is 13.3. The van der Waals surface area contributed by atoms with E-state index in [1.807, 2.05) is 39.0 Å². The van der Waals surface area contributed by atoms with Crippen molar-refractivity contribution in [2.75, 3.05) is 19.1 Å². The van der Waals surface area contributed by atoms with Gasteiger partial charge in [-0.3, -0.25) is 14.5 Å². The van der Waals surface area contributed by atoms with Crippen LogP contribution in [0.15, 0.2) is 66.2 Å². The van der Waals surface area contributed by atoms with Crippen LogP contribution in [0.25, 0.3) is 5.76 Å². The molecule has 6 nitrogen and oxygen atoms in total. The molecule has 4 rings (SSSR count). The predicted molar refractivity (Wildman–Crippen MR) is 131 cm³/mol. The number of amides is 1. The van der Waals surface area contributed by atoms with E-state index in [2.05, 4.69) is 0 Å². The maximum absolute atomic E-state index is 13.3. The number of hydrogen-bond donors (Lipinski definition) is 1. The number of aryl methyl sites for hydroxylation is 3. The van der Waals surface area contributed by atoms with Gasteiger partial charge in [-0.15, -0.1) is 0 Å². The Morgan fingerprint density at radius 2 is 1.44 bits per heavy atom. The van der Waals surface area contributed by atoms with Crippen molar-refractivity contribution in [3.8, 4) is 11.5 Å². The molecule has 1 fully saturated rings.